The van der Waals surface area contributed by atoms with Crippen molar-refractivity contribution in [2.45, 2.75) is 103 Å². The van der Waals surface area contributed by atoms with E-state index < -0.39 is 64.8 Å². The Bertz CT molecular complexity index is 1000. The van der Waals surface area contributed by atoms with Crippen molar-refractivity contribution >= 4 is 29.5 Å². The highest BCUT2D eigenvalue weighted by atomic mass is 19.4. The molecule has 2 heterocycles. The quantitative estimate of drug-likeness (QED) is 0.378. The van der Waals surface area contributed by atoms with Crippen LogP contribution in [-0.2, 0) is 24.0 Å². The summed E-state index contributed by atoms with van der Waals surface area (Å²) in [6.07, 6.45) is -2.12. The van der Waals surface area contributed by atoms with Gasteiger partial charge >= 0.3 is 12.1 Å². The van der Waals surface area contributed by atoms with Crippen LogP contribution in [0.2, 0.25) is 0 Å². The third-order valence-electron chi connectivity index (χ3n) is 7.92. The lowest BCUT2D eigenvalue weighted by atomic mass is 9.67. The summed E-state index contributed by atoms with van der Waals surface area (Å²) in [5, 5.41) is 7.23. The maximum atomic E-state index is 13.6. The first kappa shape index (κ1) is 29.7. The minimum atomic E-state index is -5.18. The molecule has 4 atom stereocenters. The van der Waals surface area contributed by atoms with Gasteiger partial charge in [-0.2, -0.15) is 13.2 Å². The second-order valence-corrected chi connectivity index (χ2v) is 12.8. The fourth-order valence-corrected chi connectivity index (χ4v) is 5.77. The van der Waals surface area contributed by atoms with Gasteiger partial charge in [-0.3, -0.25) is 24.0 Å². The lowest BCUT2D eigenvalue weighted by Crippen LogP contribution is -2.60. The zero-order chi connectivity index (χ0) is 28.8. The van der Waals surface area contributed by atoms with E-state index in [1.165, 1.54) is 25.7 Å². The molecular formula is C25H38F3N5O5. The van der Waals surface area contributed by atoms with Gasteiger partial charge in [0.15, 0.2) is 0 Å². The van der Waals surface area contributed by atoms with Crippen molar-refractivity contribution in [2.24, 2.45) is 22.5 Å². The molecule has 2 aliphatic heterocycles. The number of hydrogen-bond donors (Lipinski definition) is 4. The molecule has 13 heteroatoms. The van der Waals surface area contributed by atoms with E-state index >= 15 is 0 Å². The molecule has 3 aliphatic rings. The van der Waals surface area contributed by atoms with Gasteiger partial charge in [-0.1, -0.05) is 27.2 Å². The summed E-state index contributed by atoms with van der Waals surface area (Å²) in [5.74, 6) is -5.35. The number of nitrogens with zero attached hydrogens (tertiary/aromatic N) is 1. The maximum Gasteiger partial charge on any atom is 0.471 e. The van der Waals surface area contributed by atoms with Crippen molar-refractivity contribution in [1.82, 2.24) is 20.9 Å². The number of alkyl halides is 3. The van der Waals surface area contributed by atoms with Crippen LogP contribution in [0.5, 0.6) is 0 Å². The van der Waals surface area contributed by atoms with Gasteiger partial charge in [0, 0.05) is 18.0 Å². The van der Waals surface area contributed by atoms with Gasteiger partial charge in [-0.15, -0.1) is 0 Å². The van der Waals surface area contributed by atoms with Crippen LogP contribution in [0.25, 0.3) is 0 Å². The highest BCUT2D eigenvalue weighted by molar-refractivity contribution is 5.95. The second-order valence-electron chi connectivity index (χ2n) is 12.8. The molecule has 5 amide bonds. The molecule has 3 rings (SSSR count). The summed E-state index contributed by atoms with van der Waals surface area (Å²) in [6.45, 7) is 8.40. The van der Waals surface area contributed by atoms with Crippen molar-refractivity contribution in [1.29, 1.82) is 0 Å². The van der Waals surface area contributed by atoms with Gasteiger partial charge in [0.25, 0.3) is 0 Å². The van der Waals surface area contributed by atoms with Gasteiger partial charge < -0.3 is 26.6 Å². The standard InChI is InChI=1S/C25H38F3N5O5/c1-22(2,3)16(31-21(38)25(26,27)28)20(37)33-12-24(7-6-8-24)11-15(33)19(36)30-14(17(29)34)9-13-10-23(4,5)32-18(13)35/h13-16H,6-12H2,1-5H3,(H2,29,34)(H,30,36)(H,31,38)(H,32,35)/t13-,14?,15?,16?/m1/s1. The summed E-state index contributed by atoms with van der Waals surface area (Å²) in [4.78, 5) is 64.6. The van der Waals surface area contributed by atoms with Crippen LogP contribution in [0.1, 0.15) is 73.1 Å². The molecule has 1 saturated carbocycles. The molecule has 0 aromatic carbocycles. The van der Waals surface area contributed by atoms with Gasteiger partial charge in [-0.05, 0) is 56.8 Å². The highest BCUT2D eigenvalue weighted by Crippen LogP contribution is 2.50. The van der Waals surface area contributed by atoms with Crippen LogP contribution in [0.4, 0.5) is 13.2 Å². The number of primary amides is 1. The summed E-state index contributed by atoms with van der Waals surface area (Å²) in [7, 11) is 0. The number of carbonyl (C=O) groups is 5. The van der Waals surface area contributed by atoms with Crippen molar-refractivity contribution in [3.05, 3.63) is 0 Å². The summed E-state index contributed by atoms with van der Waals surface area (Å²) < 4.78 is 39.1. The van der Waals surface area contributed by atoms with E-state index in [1.54, 1.807) is 0 Å². The average Bonchev–Trinajstić information content (AvgIpc) is 3.26. The summed E-state index contributed by atoms with van der Waals surface area (Å²) in [6, 6.07) is -3.78. The van der Waals surface area contributed by atoms with E-state index in [0.717, 1.165) is 19.3 Å². The van der Waals surface area contributed by atoms with Gasteiger partial charge in [0.05, 0.1) is 0 Å². The van der Waals surface area contributed by atoms with Crippen molar-refractivity contribution in [3.8, 4) is 0 Å². The molecule has 0 bridgehead atoms. The zero-order valence-electron chi connectivity index (χ0n) is 22.5. The average molecular weight is 546 g/mol. The Hall–Kier alpha value is -2.86. The summed E-state index contributed by atoms with van der Waals surface area (Å²) >= 11 is 0. The molecule has 3 unspecified atom stereocenters. The van der Waals surface area contributed by atoms with Gasteiger partial charge in [-0.25, -0.2) is 0 Å². The number of likely N-dealkylation sites (tertiary alicyclic amines) is 1. The van der Waals surface area contributed by atoms with Crippen LogP contribution in [-0.4, -0.2) is 70.8 Å². The fraction of sp³-hybridized carbons (Fsp3) is 0.800. The molecule has 2 saturated heterocycles. The fourth-order valence-electron chi connectivity index (χ4n) is 5.77. The minimum Gasteiger partial charge on any atom is -0.368 e. The molecular weight excluding hydrogens is 507 g/mol. The number of amides is 5. The Morgan fingerprint density at radius 2 is 1.71 bits per heavy atom. The first-order chi connectivity index (χ1) is 17.2. The summed E-state index contributed by atoms with van der Waals surface area (Å²) in [5.41, 5.74) is 3.62. The Morgan fingerprint density at radius 3 is 2.13 bits per heavy atom. The van der Waals surface area contributed by atoms with E-state index in [-0.39, 0.29) is 30.7 Å². The molecule has 5 N–H and O–H groups in total. The Labute approximate surface area is 220 Å². The lowest BCUT2D eigenvalue weighted by molar-refractivity contribution is -0.176. The van der Waals surface area contributed by atoms with Gasteiger partial charge in [0.1, 0.15) is 18.1 Å². The van der Waals surface area contributed by atoms with Crippen LogP contribution in [0.3, 0.4) is 0 Å². The van der Waals surface area contributed by atoms with E-state index in [9.17, 15) is 37.1 Å². The molecule has 0 aromatic heterocycles. The molecule has 10 nitrogen and oxygen atoms in total. The van der Waals surface area contributed by atoms with Crippen LogP contribution < -0.4 is 21.7 Å². The first-order valence-corrected chi connectivity index (χ1v) is 12.8. The van der Waals surface area contributed by atoms with Crippen LogP contribution >= 0.6 is 0 Å². The van der Waals surface area contributed by atoms with Crippen LogP contribution in [0.15, 0.2) is 0 Å². The lowest BCUT2D eigenvalue weighted by Gasteiger charge is -2.39. The molecule has 1 aliphatic carbocycles. The van der Waals surface area contributed by atoms with Crippen molar-refractivity contribution in [3.63, 3.8) is 0 Å². The van der Waals surface area contributed by atoms with E-state index in [1.807, 2.05) is 19.2 Å². The van der Waals surface area contributed by atoms with E-state index in [0.29, 0.717) is 6.42 Å². The molecule has 0 radical (unpaired) electrons. The largest absolute Gasteiger partial charge is 0.471 e. The highest BCUT2D eigenvalue weighted by Gasteiger charge is 2.54. The predicted octanol–water partition coefficient (Wildman–Crippen LogP) is 1.13. The van der Waals surface area contributed by atoms with Crippen molar-refractivity contribution in [2.75, 3.05) is 6.54 Å². The molecule has 0 aromatic rings. The molecule has 214 valence electrons. The number of rotatable bonds is 7. The minimum absolute atomic E-state index is 0.0194. The SMILES string of the molecule is CC1(C)C[C@@H](CC(NC(=O)C2CC3(CCC3)CN2C(=O)C(NC(=O)C(F)(F)F)C(C)(C)C)C(N)=O)C(=O)N1. The number of nitrogens with two attached hydrogens (primary N) is 1. The Balaban J connectivity index is 1.82. The van der Waals surface area contributed by atoms with E-state index in [4.69, 9.17) is 5.73 Å². The van der Waals surface area contributed by atoms with E-state index in [2.05, 4.69) is 10.6 Å². The zero-order valence-corrected chi connectivity index (χ0v) is 22.5. The topological polar surface area (TPSA) is 151 Å². The molecule has 38 heavy (non-hydrogen) atoms. The monoisotopic (exact) mass is 545 g/mol. The predicted molar refractivity (Wildman–Crippen MR) is 130 cm³/mol. The first-order valence-electron chi connectivity index (χ1n) is 12.8. The number of halogens is 3. The number of carbonyl (C=O) groups excluding carboxylic acids is 5. The Kier molecular flexibility index (Phi) is 7.84. The third kappa shape index (κ3) is 6.40. The third-order valence-corrected chi connectivity index (χ3v) is 7.92. The second kappa shape index (κ2) is 10.0. The number of nitrogens with one attached hydrogen (secondary N) is 3. The normalized spacial score (nSPS) is 25.8. The smallest absolute Gasteiger partial charge is 0.368 e. The van der Waals surface area contributed by atoms with Crippen LogP contribution in [0, 0.1) is 16.7 Å². The van der Waals surface area contributed by atoms with Gasteiger partial charge in [0.2, 0.25) is 23.6 Å². The Morgan fingerprint density at radius 1 is 1.11 bits per heavy atom. The van der Waals surface area contributed by atoms with Crippen molar-refractivity contribution < 1.29 is 37.1 Å². The molecule has 3 fully saturated rings. The molecule has 1 spiro atoms. The number of hydrogen-bond acceptors (Lipinski definition) is 5. The maximum absolute atomic E-state index is 13.6.